The fourth-order valence-electron chi connectivity index (χ4n) is 1.86. The van der Waals surface area contributed by atoms with Crippen LogP contribution in [0.5, 0.6) is 0 Å². The smallest absolute Gasteiger partial charge is 0.263 e. The normalized spacial score (nSPS) is 10.4. The monoisotopic (exact) mass is 385 g/mol. The molecule has 1 amide bonds. The van der Waals surface area contributed by atoms with E-state index in [1.807, 2.05) is 24.5 Å². The fraction of sp³-hybridized carbons (Fsp3) is 0.214. The second-order valence-corrected chi connectivity index (χ2v) is 7.02. The number of hydrogen-bond donors (Lipinski definition) is 3. The Hall–Kier alpha value is -1.18. The third-order valence-corrected chi connectivity index (χ3v) is 5.50. The maximum Gasteiger partial charge on any atom is 0.263 e. The van der Waals surface area contributed by atoms with Gasteiger partial charge in [-0.2, -0.15) is 0 Å². The van der Waals surface area contributed by atoms with Crippen LogP contribution < -0.4 is 16.4 Å². The molecule has 1 aromatic carbocycles. The molecule has 0 aliphatic heterocycles. The number of nitrogens with two attached hydrogens (primary N) is 1. The van der Waals surface area contributed by atoms with Gasteiger partial charge in [-0.05, 0) is 24.0 Å². The van der Waals surface area contributed by atoms with Gasteiger partial charge < -0.3 is 16.4 Å². The molecule has 1 heterocycles. The molecule has 7 heteroatoms. The third-order valence-electron chi connectivity index (χ3n) is 2.88. The van der Waals surface area contributed by atoms with E-state index in [1.54, 1.807) is 18.8 Å². The van der Waals surface area contributed by atoms with Crippen LogP contribution in [0.3, 0.4) is 0 Å². The summed E-state index contributed by atoms with van der Waals surface area (Å²) < 4.78 is 1.05. The summed E-state index contributed by atoms with van der Waals surface area (Å²) in [5.41, 5.74) is 7.77. The van der Waals surface area contributed by atoms with E-state index in [4.69, 9.17) is 5.73 Å². The molecule has 0 saturated carbocycles. The van der Waals surface area contributed by atoms with Gasteiger partial charge in [0.2, 0.25) is 0 Å². The number of thioether (sulfide) groups is 1. The lowest BCUT2D eigenvalue weighted by Gasteiger charge is -2.06. The molecule has 0 aliphatic carbocycles. The average molecular weight is 386 g/mol. The number of amides is 1. The Bertz CT molecular complexity index is 658. The van der Waals surface area contributed by atoms with Crippen LogP contribution in [0.25, 0.3) is 0 Å². The Labute approximate surface area is 140 Å². The molecule has 112 valence electrons. The second-order valence-electron chi connectivity index (χ2n) is 4.27. The van der Waals surface area contributed by atoms with Crippen LogP contribution in [0.15, 0.2) is 33.6 Å². The third kappa shape index (κ3) is 3.72. The molecule has 1 aromatic heterocycles. The summed E-state index contributed by atoms with van der Waals surface area (Å²) in [6, 6.07) is 8.09. The molecule has 0 aliphatic rings. The van der Waals surface area contributed by atoms with E-state index < -0.39 is 0 Å². The molecule has 2 rings (SSSR count). The largest absolute Gasteiger partial charge is 0.396 e. The number of benzene rings is 1. The first-order chi connectivity index (χ1) is 10.1. The highest BCUT2D eigenvalue weighted by molar-refractivity contribution is 9.10. The summed E-state index contributed by atoms with van der Waals surface area (Å²) in [7, 11) is 1.61. The van der Waals surface area contributed by atoms with Crippen LogP contribution >= 0.6 is 39.0 Å². The standard InChI is InChI=1S/C14H16BrN3OS2/c1-17-13(19)11-10(16)12(20-2)14(21-11)18-7-8-4-3-5-9(15)6-8/h3-6,18H,7,16H2,1-2H3,(H,17,19). The van der Waals surface area contributed by atoms with Crippen molar-refractivity contribution in [3.05, 3.63) is 39.2 Å². The lowest BCUT2D eigenvalue weighted by atomic mass is 10.2. The first-order valence-corrected chi connectivity index (χ1v) is 9.07. The number of nitrogen functional groups attached to an aromatic ring is 1. The quantitative estimate of drug-likeness (QED) is 0.684. The Kier molecular flexibility index (Phi) is 5.55. The number of halogens is 1. The highest BCUT2D eigenvalue weighted by atomic mass is 79.9. The zero-order chi connectivity index (χ0) is 15.4. The Morgan fingerprint density at radius 3 is 2.86 bits per heavy atom. The zero-order valence-electron chi connectivity index (χ0n) is 11.7. The predicted molar refractivity (Wildman–Crippen MR) is 95.4 cm³/mol. The SMILES string of the molecule is CNC(=O)c1sc(NCc2cccc(Br)c2)c(SC)c1N. The summed E-state index contributed by atoms with van der Waals surface area (Å²) >= 11 is 6.39. The number of nitrogens with one attached hydrogen (secondary N) is 2. The molecule has 4 N–H and O–H groups in total. The maximum atomic E-state index is 11.8. The summed E-state index contributed by atoms with van der Waals surface area (Å²) in [4.78, 5) is 13.3. The van der Waals surface area contributed by atoms with Crippen LogP contribution in [0.2, 0.25) is 0 Å². The van der Waals surface area contributed by atoms with Gasteiger partial charge in [0.15, 0.2) is 0 Å². The molecule has 0 fully saturated rings. The summed E-state index contributed by atoms with van der Waals surface area (Å²) in [5, 5.41) is 6.91. The minimum atomic E-state index is -0.150. The van der Waals surface area contributed by atoms with Crippen LogP contribution in [-0.2, 0) is 6.54 Å². The minimum absolute atomic E-state index is 0.150. The number of carbonyl (C=O) groups is 1. The van der Waals surface area contributed by atoms with Gasteiger partial charge in [0.25, 0.3) is 5.91 Å². The summed E-state index contributed by atoms with van der Waals surface area (Å²) in [6.07, 6.45) is 1.95. The van der Waals surface area contributed by atoms with Crippen molar-refractivity contribution >= 4 is 55.6 Å². The van der Waals surface area contributed by atoms with Crippen molar-refractivity contribution in [2.45, 2.75) is 11.4 Å². The van der Waals surface area contributed by atoms with Gasteiger partial charge >= 0.3 is 0 Å². The molecule has 4 nitrogen and oxygen atoms in total. The molecule has 0 bridgehead atoms. The van der Waals surface area contributed by atoms with Crippen molar-refractivity contribution in [3.63, 3.8) is 0 Å². The summed E-state index contributed by atoms with van der Waals surface area (Å²) in [6.45, 7) is 0.681. The number of rotatable bonds is 5. The zero-order valence-corrected chi connectivity index (χ0v) is 14.9. The van der Waals surface area contributed by atoms with Crippen LogP contribution in [0.1, 0.15) is 15.2 Å². The Morgan fingerprint density at radius 2 is 2.24 bits per heavy atom. The first-order valence-electron chi connectivity index (χ1n) is 6.23. The molecule has 21 heavy (non-hydrogen) atoms. The van der Waals surface area contributed by atoms with E-state index in [9.17, 15) is 4.79 Å². The van der Waals surface area contributed by atoms with E-state index in [2.05, 4.69) is 32.6 Å². The molecular weight excluding hydrogens is 370 g/mol. The van der Waals surface area contributed by atoms with E-state index in [0.717, 1.165) is 19.9 Å². The fourth-order valence-corrected chi connectivity index (χ4v) is 4.28. The topological polar surface area (TPSA) is 67.2 Å². The first kappa shape index (κ1) is 16.2. The van der Waals surface area contributed by atoms with E-state index in [1.165, 1.54) is 11.3 Å². The minimum Gasteiger partial charge on any atom is -0.396 e. The van der Waals surface area contributed by atoms with Crippen molar-refractivity contribution in [1.29, 1.82) is 0 Å². The van der Waals surface area contributed by atoms with Crippen molar-refractivity contribution in [2.75, 3.05) is 24.4 Å². The molecule has 0 unspecified atom stereocenters. The maximum absolute atomic E-state index is 11.8. The van der Waals surface area contributed by atoms with Gasteiger partial charge in [-0.25, -0.2) is 0 Å². The number of anilines is 2. The Balaban J connectivity index is 2.21. The van der Waals surface area contributed by atoms with Crippen molar-refractivity contribution in [3.8, 4) is 0 Å². The van der Waals surface area contributed by atoms with E-state index in [-0.39, 0.29) is 5.91 Å². The molecule has 0 radical (unpaired) electrons. The summed E-state index contributed by atoms with van der Waals surface area (Å²) in [5.74, 6) is -0.150. The molecule has 2 aromatic rings. The number of thiophene rings is 1. The van der Waals surface area contributed by atoms with Crippen molar-refractivity contribution < 1.29 is 4.79 Å². The van der Waals surface area contributed by atoms with Crippen LogP contribution in [0, 0.1) is 0 Å². The lowest BCUT2D eigenvalue weighted by Crippen LogP contribution is -2.17. The average Bonchev–Trinajstić information content (AvgIpc) is 2.80. The predicted octanol–water partition coefficient (Wildman–Crippen LogP) is 3.79. The van der Waals surface area contributed by atoms with Crippen LogP contribution in [-0.4, -0.2) is 19.2 Å². The highest BCUT2D eigenvalue weighted by Gasteiger charge is 2.19. The van der Waals surface area contributed by atoms with E-state index >= 15 is 0 Å². The van der Waals surface area contributed by atoms with Crippen LogP contribution in [0.4, 0.5) is 10.7 Å². The highest BCUT2D eigenvalue weighted by Crippen LogP contribution is 2.41. The van der Waals surface area contributed by atoms with Gasteiger partial charge in [0.05, 0.1) is 10.6 Å². The number of carbonyl (C=O) groups excluding carboxylic acids is 1. The molecular formula is C14H16BrN3OS2. The van der Waals surface area contributed by atoms with Crippen molar-refractivity contribution in [1.82, 2.24) is 5.32 Å². The lowest BCUT2D eigenvalue weighted by molar-refractivity contribution is 0.0968. The van der Waals surface area contributed by atoms with Gasteiger partial charge in [-0.3, -0.25) is 4.79 Å². The van der Waals surface area contributed by atoms with Gasteiger partial charge in [0, 0.05) is 18.1 Å². The second kappa shape index (κ2) is 7.20. The van der Waals surface area contributed by atoms with Crippen molar-refractivity contribution in [2.24, 2.45) is 0 Å². The molecule has 0 atom stereocenters. The van der Waals surface area contributed by atoms with Gasteiger partial charge in [-0.15, -0.1) is 23.1 Å². The number of hydrogen-bond acceptors (Lipinski definition) is 5. The molecule has 0 saturated heterocycles. The Morgan fingerprint density at radius 1 is 1.48 bits per heavy atom. The van der Waals surface area contributed by atoms with E-state index in [0.29, 0.717) is 17.1 Å². The molecule has 0 spiro atoms. The van der Waals surface area contributed by atoms with Gasteiger partial charge in [-0.1, -0.05) is 28.1 Å². The van der Waals surface area contributed by atoms with Gasteiger partial charge in [0.1, 0.15) is 9.88 Å².